The van der Waals surface area contributed by atoms with Crippen LogP contribution < -0.4 is 5.73 Å². The Bertz CT molecular complexity index is 106. The predicted molar refractivity (Wildman–Crippen MR) is 48.2 cm³/mol. The fraction of sp³-hybridized carbons (Fsp3) is 0.375. The molecule has 0 spiro atoms. The molecule has 0 rings (SSSR count). The van der Waals surface area contributed by atoms with Crippen LogP contribution in [0, 0.1) is 0 Å². The van der Waals surface area contributed by atoms with E-state index in [1.165, 1.54) is 0 Å². The van der Waals surface area contributed by atoms with Crippen LogP contribution in [0.1, 0.15) is 13.3 Å². The lowest BCUT2D eigenvalue weighted by molar-refractivity contribution is 0.942. The van der Waals surface area contributed by atoms with Crippen molar-refractivity contribution in [3.05, 3.63) is 25.4 Å². The van der Waals surface area contributed by atoms with Crippen LogP contribution in [-0.4, -0.2) is 12.8 Å². The second-order valence-electron chi connectivity index (χ2n) is 1.49. The van der Waals surface area contributed by atoms with Gasteiger partial charge in [0.1, 0.15) is 0 Å². The van der Waals surface area contributed by atoms with Crippen molar-refractivity contribution in [3.8, 4) is 0 Å². The molecular weight excluding hydrogens is 124 g/mol. The zero-order chi connectivity index (χ0) is 8.41. The summed E-state index contributed by atoms with van der Waals surface area (Å²) in [6.45, 7) is 12.2. The highest BCUT2D eigenvalue weighted by Crippen LogP contribution is 1.94. The van der Waals surface area contributed by atoms with Crippen LogP contribution >= 0.6 is 0 Å². The third-order valence-corrected chi connectivity index (χ3v) is 0.745. The lowest BCUT2D eigenvalue weighted by Gasteiger charge is -1.91. The highest BCUT2D eigenvalue weighted by molar-refractivity contribution is 5.54. The van der Waals surface area contributed by atoms with Crippen molar-refractivity contribution in [1.29, 1.82) is 0 Å². The quantitative estimate of drug-likeness (QED) is 0.470. The van der Waals surface area contributed by atoms with Gasteiger partial charge in [0, 0.05) is 18.3 Å². The average Bonchev–Trinajstić information content (AvgIpc) is 1.93. The van der Waals surface area contributed by atoms with E-state index in [1.54, 1.807) is 6.21 Å². The van der Waals surface area contributed by atoms with E-state index in [9.17, 15) is 0 Å². The van der Waals surface area contributed by atoms with Crippen LogP contribution in [0.3, 0.4) is 0 Å². The fourth-order valence-corrected chi connectivity index (χ4v) is 0.414. The minimum atomic E-state index is 0.635. The summed E-state index contributed by atoms with van der Waals surface area (Å²) in [5, 5.41) is 0. The van der Waals surface area contributed by atoms with E-state index >= 15 is 0 Å². The largest absolute Gasteiger partial charge is 0.330 e. The fourth-order valence-electron chi connectivity index (χ4n) is 0.414. The smallest absolute Gasteiger partial charge is 0.0340 e. The van der Waals surface area contributed by atoms with Crippen LogP contribution in [0.5, 0.6) is 0 Å². The third-order valence-electron chi connectivity index (χ3n) is 0.745. The Morgan fingerprint density at radius 1 is 1.60 bits per heavy atom. The first kappa shape index (κ1) is 11.9. The molecule has 0 radical (unpaired) electrons. The van der Waals surface area contributed by atoms with Gasteiger partial charge in [-0.2, -0.15) is 0 Å². The molecule has 58 valence electrons. The molecule has 2 N–H and O–H groups in total. The monoisotopic (exact) mass is 140 g/mol. The van der Waals surface area contributed by atoms with E-state index in [-0.39, 0.29) is 0 Å². The highest BCUT2D eigenvalue weighted by Gasteiger charge is 1.82. The average molecular weight is 140 g/mol. The molecule has 0 aliphatic rings. The SMILES string of the molecule is C=C.C=C(CCN)N=CC. The van der Waals surface area contributed by atoms with Crippen LogP contribution in [0.15, 0.2) is 30.4 Å². The molecule has 0 unspecified atom stereocenters. The summed E-state index contributed by atoms with van der Waals surface area (Å²) >= 11 is 0. The molecule has 0 aromatic carbocycles. The minimum absolute atomic E-state index is 0.635. The summed E-state index contributed by atoms with van der Waals surface area (Å²) in [5.41, 5.74) is 6.08. The van der Waals surface area contributed by atoms with E-state index in [0.717, 1.165) is 12.1 Å². The highest BCUT2D eigenvalue weighted by atomic mass is 14.7. The second-order valence-corrected chi connectivity index (χ2v) is 1.49. The Kier molecular flexibility index (Phi) is 13.0. The summed E-state index contributed by atoms with van der Waals surface area (Å²) < 4.78 is 0. The van der Waals surface area contributed by atoms with Gasteiger partial charge in [0.15, 0.2) is 0 Å². The number of nitrogens with two attached hydrogens (primary N) is 1. The summed E-state index contributed by atoms with van der Waals surface area (Å²) in [7, 11) is 0. The van der Waals surface area contributed by atoms with Gasteiger partial charge in [-0.25, -0.2) is 0 Å². The standard InChI is InChI=1S/C6H12N2.C2H4/c1-3-8-6(2)4-5-7;1-2/h3H,2,4-5,7H2,1H3;1-2H2. The molecule has 0 saturated carbocycles. The first-order chi connectivity index (χ1) is 4.81. The van der Waals surface area contributed by atoms with Gasteiger partial charge >= 0.3 is 0 Å². The number of hydrogen-bond acceptors (Lipinski definition) is 2. The van der Waals surface area contributed by atoms with Crippen LogP contribution in [0.25, 0.3) is 0 Å². The van der Waals surface area contributed by atoms with Gasteiger partial charge in [0.25, 0.3) is 0 Å². The summed E-state index contributed by atoms with van der Waals surface area (Å²) in [4.78, 5) is 3.91. The van der Waals surface area contributed by atoms with E-state index < -0.39 is 0 Å². The molecule has 0 saturated heterocycles. The molecule has 0 heterocycles. The molecular formula is C8H16N2. The molecule has 2 nitrogen and oxygen atoms in total. The maximum Gasteiger partial charge on any atom is 0.0340 e. The Balaban J connectivity index is 0. The zero-order valence-electron chi connectivity index (χ0n) is 6.64. The predicted octanol–water partition coefficient (Wildman–Crippen LogP) is 1.74. The van der Waals surface area contributed by atoms with Gasteiger partial charge in [-0.15, -0.1) is 13.2 Å². The maximum atomic E-state index is 5.22. The summed E-state index contributed by atoms with van der Waals surface area (Å²) in [6, 6.07) is 0. The number of hydrogen-bond donors (Lipinski definition) is 1. The molecule has 0 bridgehead atoms. The van der Waals surface area contributed by atoms with Gasteiger partial charge in [0.2, 0.25) is 0 Å². The van der Waals surface area contributed by atoms with Crippen molar-refractivity contribution < 1.29 is 0 Å². The van der Waals surface area contributed by atoms with Crippen molar-refractivity contribution >= 4 is 6.21 Å². The van der Waals surface area contributed by atoms with E-state index in [2.05, 4.69) is 24.7 Å². The number of aliphatic imine (C=N–C) groups is 1. The zero-order valence-corrected chi connectivity index (χ0v) is 6.64. The van der Waals surface area contributed by atoms with Gasteiger partial charge in [-0.3, -0.25) is 4.99 Å². The lowest BCUT2D eigenvalue weighted by Crippen LogP contribution is -1.98. The van der Waals surface area contributed by atoms with Crippen LogP contribution in [0.4, 0.5) is 0 Å². The second kappa shape index (κ2) is 11.0. The molecule has 0 aliphatic carbocycles. The van der Waals surface area contributed by atoms with E-state index in [4.69, 9.17) is 5.73 Å². The van der Waals surface area contributed by atoms with Gasteiger partial charge in [0.05, 0.1) is 0 Å². The normalized spacial score (nSPS) is 8.60. The number of nitrogens with zero attached hydrogens (tertiary/aromatic N) is 1. The first-order valence-corrected chi connectivity index (χ1v) is 3.17. The summed E-state index contributed by atoms with van der Waals surface area (Å²) in [5.74, 6) is 0. The minimum Gasteiger partial charge on any atom is -0.330 e. The lowest BCUT2D eigenvalue weighted by atomic mass is 10.3. The van der Waals surface area contributed by atoms with Crippen molar-refractivity contribution in [3.63, 3.8) is 0 Å². The van der Waals surface area contributed by atoms with Crippen molar-refractivity contribution in [1.82, 2.24) is 0 Å². The van der Waals surface area contributed by atoms with Crippen LogP contribution in [0.2, 0.25) is 0 Å². The van der Waals surface area contributed by atoms with E-state index in [0.29, 0.717) is 6.54 Å². The molecule has 10 heavy (non-hydrogen) atoms. The van der Waals surface area contributed by atoms with Crippen molar-refractivity contribution in [2.75, 3.05) is 6.54 Å². The Labute approximate surface area is 63.2 Å². The Hall–Kier alpha value is -0.890. The third kappa shape index (κ3) is 10.2. The topological polar surface area (TPSA) is 38.4 Å². The van der Waals surface area contributed by atoms with Crippen molar-refractivity contribution in [2.45, 2.75) is 13.3 Å². The van der Waals surface area contributed by atoms with Gasteiger partial charge in [-0.1, -0.05) is 6.58 Å². The van der Waals surface area contributed by atoms with Gasteiger partial charge < -0.3 is 5.73 Å². The molecule has 0 amide bonds. The van der Waals surface area contributed by atoms with Crippen molar-refractivity contribution in [2.24, 2.45) is 10.7 Å². The maximum absolute atomic E-state index is 5.22. The van der Waals surface area contributed by atoms with Gasteiger partial charge in [-0.05, 0) is 13.5 Å². The molecule has 0 aromatic heterocycles. The molecule has 0 aromatic rings. The number of rotatable bonds is 3. The molecule has 0 aliphatic heterocycles. The summed E-state index contributed by atoms with van der Waals surface area (Å²) in [6.07, 6.45) is 2.52. The van der Waals surface area contributed by atoms with Crippen LogP contribution in [-0.2, 0) is 0 Å². The Morgan fingerprint density at radius 2 is 2.10 bits per heavy atom. The molecule has 0 atom stereocenters. The molecule has 0 fully saturated rings. The van der Waals surface area contributed by atoms with E-state index in [1.807, 2.05) is 6.92 Å². The Morgan fingerprint density at radius 3 is 2.40 bits per heavy atom. The molecule has 2 heteroatoms. The first-order valence-electron chi connectivity index (χ1n) is 3.17.